The zero-order valence-electron chi connectivity index (χ0n) is 12.9. The van der Waals surface area contributed by atoms with Gasteiger partial charge in [0, 0.05) is 22.2 Å². The molecule has 1 N–H and O–H groups in total. The Morgan fingerprint density at radius 1 is 1.17 bits per heavy atom. The second-order valence-corrected chi connectivity index (χ2v) is 6.28. The molecule has 120 valence electrons. The molecule has 0 unspecified atom stereocenters. The highest BCUT2D eigenvalue weighted by atomic mass is 35.5. The molecule has 0 heterocycles. The lowest BCUT2D eigenvalue weighted by molar-refractivity contribution is -0.117. The molecule has 0 saturated heterocycles. The van der Waals surface area contributed by atoms with Gasteiger partial charge < -0.3 is 5.32 Å². The third-order valence-electron chi connectivity index (χ3n) is 3.47. The van der Waals surface area contributed by atoms with Gasteiger partial charge in [-0.2, -0.15) is 0 Å². The van der Waals surface area contributed by atoms with Crippen LogP contribution in [0, 0.1) is 0 Å². The molecule has 2 aromatic rings. The van der Waals surface area contributed by atoms with E-state index < -0.39 is 0 Å². The number of rotatable bonds is 6. The van der Waals surface area contributed by atoms with Crippen molar-refractivity contribution >= 4 is 35.2 Å². The van der Waals surface area contributed by atoms with Gasteiger partial charge in [-0.25, -0.2) is 0 Å². The summed E-state index contributed by atoms with van der Waals surface area (Å²) in [6.07, 6.45) is 5.02. The third kappa shape index (κ3) is 6.09. The van der Waals surface area contributed by atoms with E-state index in [0.29, 0.717) is 10.0 Å². The lowest BCUT2D eigenvalue weighted by Crippen LogP contribution is -2.31. The molecule has 0 saturated carbocycles. The summed E-state index contributed by atoms with van der Waals surface area (Å²) in [5.41, 5.74) is 2.04. The molecule has 2 rings (SSSR count). The monoisotopic (exact) mass is 347 g/mol. The molecule has 2 aromatic carbocycles. The van der Waals surface area contributed by atoms with Gasteiger partial charge in [0.2, 0.25) is 5.91 Å². The predicted octanol–water partition coefficient (Wildman–Crippen LogP) is 5.14. The summed E-state index contributed by atoms with van der Waals surface area (Å²) in [5.74, 6) is -0.128. The largest absolute Gasteiger partial charge is 0.350 e. The fourth-order valence-electron chi connectivity index (χ4n) is 2.19. The maximum absolute atomic E-state index is 11.9. The Kier molecular flexibility index (Phi) is 6.69. The van der Waals surface area contributed by atoms with Crippen molar-refractivity contribution in [3.8, 4) is 0 Å². The molecule has 0 aliphatic rings. The molecule has 4 heteroatoms. The van der Waals surface area contributed by atoms with Gasteiger partial charge in [-0.05, 0) is 49.1 Å². The van der Waals surface area contributed by atoms with Crippen LogP contribution in [0.4, 0.5) is 0 Å². The summed E-state index contributed by atoms with van der Waals surface area (Å²) in [4.78, 5) is 11.9. The van der Waals surface area contributed by atoms with E-state index >= 15 is 0 Å². The first-order valence-electron chi connectivity index (χ1n) is 7.52. The van der Waals surface area contributed by atoms with Gasteiger partial charge in [0.25, 0.3) is 0 Å². The van der Waals surface area contributed by atoms with Crippen molar-refractivity contribution in [2.45, 2.75) is 25.8 Å². The first kappa shape index (κ1) is 17.6. The molecule has 1 atom stereocenters. The second-order valence-electron chi connectivity index (χ2n) is 5.43. The molecule has 1 amide bonds. The minimum atomic E-state index is -0.128. The quantitative estimate of drug-likeness (QED) is 0.719. The summed E-state index contributed by atoms with van der Waals surface area (Å²) >= 11 is 11.9. The predicted molar refractivity (Wildman–Crippen MR) is 97.9 cm³/mol. The normalized spacial score (nSPS) is 12.3. The summed E-state index contributed by atoms with van der Waals surface area (Å²) < 4.78 is 0. The highest BCUT2D eigenvalue weighted by molar-refractivity contribution is 6.35. The van der Waals surface area contributed by atoms with E-state index in [2.05, 4.69) is 17.4 Å². The van der Waals surface area contributed by atoms with Crippen LogP contribution in [0.1, 0.15) is 24.5 Å². The Hall–Kier alpha value is -1.77. The van der Waals surface area contributed by atoms with Gasteiger partial charge in [-0.1, -0.05) is 59.6 Å². The number of halogens is 2. The number of carbonyl (C=O) groups is 1. The van der Waals surface area contributed by atoms with Crippen LogP contribution in [-0.4, -0.2) is 11.9 Å². The van der Waals surface area contributed by atoms with Crippen LogP contribution < -0.4 is 5.32 Å². The zero-order valence-corrected chi connectivity index (χ0v) is 14.4. The van der Waals surface area contributed by atoms with Crippen molar-refractivity contribution in [2.75, 3.05) is 0 Å². The number of carbonyl (C=O) groups excluding carboxylic acids is 1. The van der Waals surface area contributed by atoms with Crippen LogP contribution in [-0.2, 0) is 11.2 Å². The number of nitrogens with one attached hydrogen (secondary N) is 1. The van der Waals surface area contributed by atoms with Gasteiger partial charge >= 0.3 is 0 Å². The standard InChI is InChI=1S/C19H19Cl2NO/c1-14(7-8-15-5-3-2-4-6-15)22-19(23)12-10-16-9-11-17(20)13-18(16)21/h2-6,9-14H,7-8H2,1H3,(H,22,23)/b12-10+/t14-/m0/s1. The number of amides is 1. The van der Waals surface area contributed by atoms with Crippen molar-refractivity contribution in [1.29, 1.82) is 0 Å². The fourth-order valence-corrected chi connectivity index (χ4v) is 2.66. The molecule has 0 radical (unpaired) electrons. The summed E-state index contributed by atoms with van der Waals surface area (Å²) in [5, 5.41) is 4.06. The maximum Gasteiger partial charge on any atom is 0.244 e. The molecule has 0 bridgehead atoms. The van der Waals surface area contributed by atoms with Crippen LogP contribution in [0.15, 0.2) is 54.6 Å². The van der Waals surface area contributed by atoms with Crippen molar-refractivity contribution < 1.29 is 4.79 Å². The molecular weight excluding hydrogens is 329 g/mol. The number of aryl methyl sites for hydroxylation is 1. The highest BCUT2D eigenvalue weighted by Gasteiger charge is 2.05. The smallest absolute Gasteiger partial charge is 0.244 e. The lowest BCUT2D eigenvalue weighted by atomic mass is 10.1. The number of benzene rings is 2. The molecule has 23 heavy (non-hydrogen) atoms. The molecule has 0 aliphatic heterocycles. The molecule has 0 aliphatic carbocycles. The Morgan fingerprint density at radius 2 is 1.91 bits per heavy atom. The van der Waals surface area contributed by atoms with Crippen molar-refractivity contribution in [2.24, 2.45) is 0 Å². The molecule has 0 spiro atoms. The van der Waals surface area contributed by atoms with E-state index in [4.69, 9.17) is 23.2 Å². The van der Waals surface area contributed by atoms with Crippen LogP contribution in [0.25, 0.3) is 6.08 Å². The highest BCUT2D eigenvalue weighted by Crippen LogP contribution is 2.21. The first-order chi connectivity index (χ1) is 11.0. The first-order valence-corrected chi connectivity index (χ1v) is 8.28. The van der Waals surface area contributed by atoms with Gasteiger partial charge in [0.1, 0.15) is 0 Å². The van der Waals surface area contributed by atoms with Gasteiger partial charge in [0.15, 0.2) is 0 Å². The zero-order chi connectivity index (χ0) is 16.7. The van der Waals surface area contributed by atoms with E-state index in [9.17, 15) is 4.79 Å². The molecule has 2 nitrogen and oxygen atoms in total. The minimum Gasteiger partial charge on any atom is -0.350 e. The Labute approximate surface area is 147 Å². The SMILES string of the molecule is C[C@@H](CCc1ccccc1)NC(=O)/C=C/c1ccc(Cl)cc1Cl. The van der Waals surface area contributed by atoms with Crippen molar-refractivity contribution in [3.63, 3.8) is 0 Å². The molecule has 0 aromatic heterocycles. The van der Waals surface area contributed by atoms with Crippen LogP contribution in [0.3, 0.4) is 0 Å². The fraction of sp³-hybridized carbons (Fsp3) is 0.211. The topological polar surface area (TPSA) is 29.1 Å². The van der Waals surface area contributed by atoms with Crippen LogP contribution in [0.5, 0.6) is 0 Å². The lowest BCUT2D eigenvalue weighted by Gasteiger charge is -2.12. The Balaban J connectivity index is 1.82. The summed E-state index contributed by atoms with van der Waals surface area (Å²) in [6, 6.07) is 15.5. The Morgan fingerprint density at radius 3 is 2.61 bits per heavy atom. The maximum atomic E-state index is 11.9. The van der Waals surface area contributed by atoms with E-state index in [-0.39, 0.29) is 11.9 Å². The number of hydrogen-bond donors (Lipinski definition) is 1. The average molecular weight is 348 g/mol. The van der Waals surface area contributed by atoms with Gasteiger partial charge in [-0.15, -0.1) is 0 Å². The van der Waals surface area contributed by atoms with E-state index in [0.717, 1.165) is 18.4 Å². The average Bonchev–Trinajstić information content (AvgIpc) is 2.53. The van der Waals surface area contributed by atoms with Crippen LogP contribution in [0.2, 0.25) is 10.0 Å². The van der Waals surface area contributed by atoms with E-state index in [1.807, 2.05) is 25.1 Å². The Bertz CT molecular complexity index is 683. The third-order valence-corrected chi connectivity index (χ3v) is 4.04. The van der Waals surface area contributed by atoms with Crippen LogP contribution >= 0.6 is 23.2 Å². The van der Waals surface area contributed by atoms with Gasteiger partial charge in [0.05, 0.1) is 0 Å². The molecular formula is C19H19Cl2NO. The summed E-state index contributed by atoms with van der Waals surface area (Å²) in [6.45, 7) is 2.00. The number of hydrogen-bond acceptors (Lipinski definition) is 1. The van der Waals surface area contributed by atoms with Crippen molar-refractivity contribution in [1.82, 2.24) is 5.32 Å². The summed E-state index contributed by atoms with van der Waals surface area (Å²) in [7, 11) is 0. The minimum absolute atomic E-state index is 0.105. The van der Waals surface area contributed by atoms with E-state index in [1.165, 1.54) is 11.6 Å². The molecule has 0 fully saturated rings. The van der Waals surface area contributed by atoms with Gasteiger partial charge in [-0.3, -0.25) is 4.79 Å². The van der Waals surface area contributed by atoms with Crippen molar-refractivity contribution in [3.05, 3.63) is 75.8 Å². The second kappa shape index (κ2) is 8.76. The van der Waals surface area contributed by atoms with E-state index in [1.54, 1.807) is 24.3 Å².